The number of carbonyl (C=O) groups is 2. The van der Waals surface area contributed by atoms with Gasteiger partial charge in [0.15, 0.2) is 0 Å². The summed E-state index contributed by atoms with van der Waals surface area (Å²) in [5.74, 6) is -1.60. The van der Waals surface area contributed by atoms with Crippen LogP contribution in [-0.4, -0.2) is 33.3 Å². The highest BCUT2D eigenvalue weighted by atomic mass is 19.1. The molecule has 2 heterocycles. The third-order valence-electron chi connectivity index (χ3n) is 6.15. The number of carbonyl (C=O) groups excluding carboxylic acids is 2. The Kier molecular flexibility index (Phi) is 6.93. The van der Waals surface area contributed by atoms with Gasteiger partial charge in [-0.25, -0.2) is 4.39 Å². The maximum atomic E-state index is 13.7. The monoisotopic (exact) mass is 488 g/mol. The summed E-state index contributed by atoms with van der Waals surface area (Å²) in [5.41, 5.74) is 1.99. The molecule has 36 heavy (non-hydrogen) atoms. The van der Waals surface area contributed by atoms with Crippen LogP contribution in [-0.2, 0) is 21.5 Å². The van der Waals surface area contributed by atoms with E-state index in [2.05, 4.69) is 4.98 Å². The van der Waals surface area contributed by atoms with Crippen LogP contribution in [0.2, 0.25) is 0 Å². The van der Waals surface area contributed by atoms with Crippen LogP contribution >= 0.6 is 0 Å². The van der Waals surface area contributed by atoms with Gasteiger partial charge in [0.25, 0.3) is 11.7 Å². The van der Waals surface area contributed by atoms with Crippen molar-refractivity contribution >= 4 is 17.4 Å². The first-order valence-corrected chi connectivity index (χ1v) is 11.8. The Morgan fingerprint density at radius 1 is 1.08 bits per heavy atom. The molecular formula is C29H29FN2O4. The van der Waals surface area contributed by atoms with Gasteiger partial charge >= 0.3 is 0 Å². The molecule has 0 radical (unpaired) electrons. The molecule has 1 aliphatic heterocycles. The van der Waals surface area contributed by atoms with Gasteiger partial charge in [-0.05, 0) is 60.4 Å². The van der Waals surface area contributed by atoms with E-state index in [4.69, 9.17) is 4.74 Å². The SMILES string of the molecule is CCOc1ccc(/C(O)=C2/C(=O)C(=O)N(Cc3ccccn3)C2c2ccc(F)cc2)cc1C(C)(C)C. The Morgan fingerprint density at radius 3 is 2.42 bits per heavy atom. The van der Waals surface area contributed by atoms with Crippen molar-refractivity contribution in [1.82, 2.24) is 9.88 Å². The molecule has 7 heteroatoms. The molecule has 1 aliphatic rings. The molecule has 1 fully saturated rings. The Balaban J connectivity index is 1.88. The van der Waals surface area contributed by atoms with Crippen molar-refractivity contribution < 1.29 is 23.8 Å². The van der Waals surface area contributed by atoms with Crippen molar-refractivity contribution in [2.24, 2.45) is 0 Å². The average molecular weight is 489 g/mol. The van der Waals surface area contributed by atoms with Crippen molar-refractivity contribution in [3.05, 3.63) is 101 Å². The van der Waals surface area contributed by atoms with E-state index in [9.17, 15) is 19.1 Å². The van der Waals surface area contributed by atoms with E-state index in [0.717, 1.165) is 5.56 Å². The van der Waals surface area contributed by atoms with Gasteiger partial charge in [0.1, 0.15) is 17.3 Å². The number of halogens is 1. The predicted octanol–water partition coefficient (Wildman–Crippen LogP) is 5.54. The van der Waals surface area contributed by atoms with Gasteiger partial charge in [-0.1, -0.05) is 39.0 Å². The normalized spacial score (nSPS) is 17.5. The highest BCUT2D eigenvalue weighted by Gasteiger charge is 2.46. The van der Waals surface area contributed by atoms with Gasteiger partial charge in [0.05, 0.1) is 30.5 Å². The van der Waals surface area contributed by atoms with Crippen molar-refractivity contribution in [2.45, 2.75) is 45.7 Å². The first kappa shape index (κ1) is 25.1. The molecule has 1 atom stereocenters. The number of benzene rings is 2. The molecule has 0 saturated carbocycles. The number of ketones is 1. The number of pyridine rings is 1. The Labute approximate surface area is 210 Å². The van der Waals surface area contributed by atoms with Crippen LogP contribution in [0.1, 0.15) is 56.1 Å². The van der Waals surface area contributed by atoms with Crippen molar-refractivity contribution in [2.75, 3.05) is 6.61 Å². The summed E-state index contributed by atoms with van der Waals surface area (Å²) in [5, 5.41) is 11.4. The largest absolute Gasteiger partial charge is 0.507 e. The molecule has 1 N–H and O–H groups in total. The van der Waals surface area contributed by atoms with Crippen LogP contribution in [0.5, 0.6) is 5.75 Å². The average Bonchev–Trinajstić information content (AvgIpc) is 3.09. The molecule has 186 valence electrons. The van der Waals surface area contributed by atoms with Crippen LogP contribution < -0.4 is 4.74 Å². The van der Waals surface area contributed by atoms with Crippen molar-refractivity contribution in [3.63, 3.8) is 0 Å². The molecule has 1 aromatic heterocycles. The number of rotatable bonds is 6. The Hall–Kier alpha value is -4.00. The summed E-state index contributed by atoms with van der Waals surface area (Å²) in [6.45, 7) is 8.52. The highest BCUT2D eigenvalue weighted by molar-refractivity contribution is 6.46. The molecule has 1 saturated heterocycles. The number of aliphatic hydroxyl groups is 1. The van der Waals surface area contributed by atoms with Gasteiger partial charge in [-0.2, -0.15) is 0 Å². The van der Waals surface area contributed by atoms with Gasteiger partial charge in [-0.3, -0.25) is 14.6 Å². The molecule has 4 rings (SSSR count). The lowest BCUT2D eigenvalue weighted by molar-refractivity contribution is -0.140. The molecule has 0 aliphatic carbocycles. The lowest BCUT2D eigenvalue weighted by atomic mass is 9.84. The van der Waals surface area contributed by atoms with Gasteiger partial charge in [0.2, 0.25) is 0 Å². The number of amides is 1. The van der Waals surface area contributed by atoms with Crippen LogP contribution in [0.3, 0.4) is 0 Å². The fraction of sp³-hybridized carbons (Fsp3) is 0.276. The summed E-state index contributed by atoms with van der Waals surface area (Å²) < 4.78 is 19.5. The number of Topliss-reactive ketones (excluding diaryl/α,β-unsaturated/α-hetero) is 1. The Morgan fingerprint density at radius 2 is 1.81 bits per heavy atom. The van der Waals surface area contributed by atoms with E-state index < -0.39 is 23.5 Å². The molecule has 1 unspecified atom stereocenters. The number of nitrogens with zero attached hydrogens (tertiary/aromatic N) is 2. The second kappa shape index (κ2) is 9.93. The van der Waals surface area contributed by atoms with E-state index in [-0.39, 0.29) is 23.3 Å². The quantitative estimate of drug-likeness (QED) is 0.280. The van der Waals surface area contributed by atoms with E-state index in [1.165, 1.54) is 29.2 Å². The highest BCUT2D eigenvalue weighted by Crippen LogP contribution is 2.41. The summed E-state index contributed by atoms with van der Waals surface area (Å²) in [6, 6.07) is 15.2. The molecular weight excluding hydrogens is 459 g/mol. The zero-order chi connectivity index (χ0) is 26.0. The summed E-state index contributed by atoms with van der Waals surface area (Å²) in [7, 11) is 0. The van der Waals surface area contributed by atoms with Gasteiger partial charge < -0.3 is 14.7 Å². The number of hydrogen-bond donors (Lipinski definition) is 1. The number of likely N-dealkylation sites (tertiary alicyclic amines) is 1. The zero-order valence-electron chi connectivity index (χ0n) is 20.8. The molecule has 0 spiro atoms. The summed E-state index contributed by atoms with van der Waals surface area (Å²) in [6.07, 6.45) is 1.60. The summed E-state index contributed by atoms with van der Waals surface area (Å²) in [4.78, 5) is 32.1. The maximum Gasteiger partial charge on any atom is 0.296 e. The minimum absolute atomic E-state index is 0.0495. The minimum atomic E-state index is -0.905. The van der Waals surface area contributed by atoms with E-state index in [1.54, 1.807) is 42.6 Å². The van der Waals surface area contributed by atoms with Crippen molar-refractivity contribution in [1.29, 1.82) is 0 Å². The first-order chi connectivity index (χ1) is 17.1. The number of ether oxygens (including phenoxy) is 1. The molecule has 0 bridgehead atoms. The third kappa shape index (κ3) is 4.87. The molecule has 1 amide bonds. The molecule has 6 nitrogen and oxygen atoms in total. The van der Waals surface area contributed by atoms with E-state index in [0.29, 0.717) is 29.2 Å². The predicted molar refractivity (Wildman–Crippen MR) is 135 cm³/mol. The lowest BCUT2D eigenvalue weighted by Crippen LogP contribution is -2.29. The zero-order valence-corrected chi connectivity index (χ0v) is 20.8. The number of aromatic nitrogens is 1. The molecule has 3 aromatic rings. The number of hydrogen-bond acceptors (Lipinski definition) is 5. The van der Waals surface area contributed by atoms with Gasteiger partial charge in [-0.15, -0.1) is 0 Å². The fourth-order valence-corrected chi connectivity index (χ4v) is 4.40. The summed E-state index contributed by atoms with van der Waals surface area (Å²) >= 11 is 0. The lowest BCUT2D eigenvalue weighted by Gasteiger charge is -2.26. The maximum absolute atomic E-state index is 13.7. The first-order valence-electron chi connectivity index (χ1n) is 11.8. The standard InChI is InChI=1S/C29H29FN2O4/c1-5-36-23-14-11-19(16-22(23)29(2,3)4)26(33)24-25(18-9-12-20(30)13-10-18)32(28(35)27(24)34)17-21-8-6-7-15-31-21/h6-16,25,33H,5,17H2,1-4H3/b26-24-. The van der Waals surface area contributed by atoms with Crippen molar-refractivity contribution in [3.8, 4) is 5.75 Å². The fourth-order valence-electron chi connectivity index (χ4n) is 4.40. The van der Waals surface area contributed by atoms with Gasteiger partial charge in [0, 0.05) is 17.3 Å². The van der Waals surface area contributed by atoms with Crippen LogP contribution in [0, 0.1) is 5.82 Å². The topological polar surface area (TPSA) is 79.7 Å². The number of aliphatic hydroxyl groups excluding tert-OH is 1. The van der Waals surface area contributed by atoms with E-state index in [1.807, 2.05) is 27.7 Å². The smallest absolute Gasteiger partial charge is 0.296 e. The van der Waals surface area contributed by atoms with Crippen LogP contribution in [0.15, 0.2) is 72.4 Å². The van der Waals surface area contributed by atoms with E-state index >= 15 is 0 Å². The second-order valence-corrected chi connectivity index (χ2v) is 9.69. The minimum Gasteiger partial charge on any atom is -0.507 e. The van der Waals surface area contributed by atoms with Crippen LogP contribution in [0.4, 0.5) is 4.39 Å². The molecule has 2 aromatic carbocycles. The van der Waals surface area contributed by atoms with Crippen LogP contribution in [0.25, 0.3) is 5.76 Å². The second-order valence-electron chi connectivity index (χ2n) is 9.69. The third-order valence-corrected chi connectivity index (χ3v) is 6.15. The Bertz CT molecular complexity index is 1310.